The fraction of sp³-hybridized carbons (Fsp3) is 0.893. The van der Waals surface area contributed by atoms with E-state index in [0.717, 1.165) is 64.2 Å². The normalized spacial score (nSPS) is 14.1. The molecule has 0 aliphatic carbocycles. The molecule has 0 N–H and O–H groups in total. The molecule has 0 aromatic carbocycles. The first-order valence-electron chi connectivity index (χ1n) is 14.5. The summed E-state index contributed by atoms with van der Waals surface area (Å²) in [6.07, 6.45) is 11.4. The van der Waals surface area contributed by atoms with Gasteiger partial charge in [0, 0.05) is 0 Å². The molecule has 6 nitrogen and oxygen atoms in total. The summed E-state index contributed by atoms with van der Waals surface area (Å²) in [7, 11) is 0. The van der Waals surface area contributed by atoms with E-state index in [1.807, 2.05) is 27.7 Å². The van der Waals surface area contributed by atoms with E-state index in [4.69, 9.17) is 9.22 Å². The molecule has 0 bridgehead atoms. The predicted octanol–water partition coefficient (Wildman–Crippen LogP) is 8.00. The van der Waals surface area contributed by atoms with E-state index in [0.29, 0.717) is 30.1 Å². The third-order valence-corrected chi connectivity index (χ3v) is 13.9. The van der Waals surface area contributed by atoms with Gasteiger partial charge in [-0.3, -0.25) is 0 Å². The van der Waals surface area contributed by atoms with Crippen molar-refractivity contribution in [1.29, 1.82) is 0 Å². The molecular formula is C28H54O6Sn. The number of unbranched alkanes of at least 4 members (excludes halogenated alkanes) is 4. The third-order valence-electron chi connectivity index (χ3n) is 6.80. The predicted molar refractivity (Wildman–Crippen MR) is 144 cm³/mol. The first-order valence-corrected chi connectivity index (χ1v) is 20.0. The van der Waals surface area contributed by atoms with Crippen molar-refractivity contribution >= 4 is 37.5 Å². The van der Waals surface area contributed by atoms with E-state index >= 15 is 0 Å². The average molecular weight is 605 g/mol. The van der Waals surface area contributed by atoms with Crippen LogP contribution >= 0.6 is 0 Å². The Kier molecular flexibility index (Phi) is 19.8. The number of carbonyl (C=O) groups is 3. The van der Waals surface area contributed by atoms with Crippen LogP contribution in [0.4, 0.5) is 0 Å². The van der Waals surface area contributed by atoms with Gasteiger partial charge in [0.1, 0.15) is 0 Å². The number of hydrogen-bond acceptors (Lipinski definition) is 6. The van der Waals surface area contributed by atoms with Crippen LogP contribution in [-0.4, -0.2) is 37.5 Å². The summed E-state index contributed by atoms with van der Waals surface area (Å²) in [6.45, 7) is 14.2. The van der Waals surface area contributed by atoms with Crippen molar-refractivity contribution in [2.45, 2.75) is 143 Å². The number of hydrogen-bond donors (Lipinski definition) is 0. The third kappa shape index (κ3) is 13.4. The van der Waals surface area contributed by atoms with E-state index in [9.17, 15) is 14.4 Å². The Morgan fingerprint density at radius 3 is 1.03 bits per heavy atom. The van der Waals surface area contributed by atoms with Crippen LogP contribution in [0.5, 0.6) is 0 Å². The molecular weight excluding hydrogens is 551 g/mol. The Morgan fingerprint density at radius 2 is 0.800 bits per heavy atom. The average Bonchev–Trinajstić information content (AvgIpc) is 2.84. The van der Waals surface area contributed by atoms with Crippen molar-refractivity contribution in [3.8, 4) is 0 Å². The topological polar surface area (TPSA) is 78.9 Å². The fourth-order valence-corrected chi connectivity index (χ4v) is 11.7. The van der Waals surface area contributed by atoms with E-state index < -0.39 is 19.6 Å². The standard InChI is InChI=1S/3C8H16O2.C4H9.Sn/c3*1-3-5-6-7(4-2)8(9)10;1-3-4-2;/h3*7H,3-6H2,1-2H3,(H,9,10);1,3-4H2,2H3;/q;;;;+3/p-3/t3*7-;;/m111../s1. The SMILES string of the molecule is CCCC[C@@H](CC)C(=O)[O][Sn]([CH2]CCC)([O]C(=O)[C@H](CC)CCCC)[O]C(=O)[C@H](CC)CCCC. The van der Waals surface area contributed by atoms with Crippen LogP contribution in [0.15, 0.2) is 0 Å². The zero-order valence-corrected chi connectivity index (χ0v) is 26.6. The van der Waals surface area contributed by atoms with Crippen LogP contribution in [0.1, 0.15) is 138 Å². The van der Waals surface area contributed by atoms with Crippen molar-refractivity contribution in [3.63, 3.8) is 0 Å². The summed E-state index contributed by atoms with van der Waals surface area (Å²) in [5.74, 6) is -1.90. The van der Waals surface area contributed by atoms with Crippen molar-refractivity contribution in [1.82, 2.24) is 0 Å². The molecule has 0 spiro atoms. The zero-order valence-electron chi connectivity index (χ0n) is 23.8. The first-order chi connectivity index (χ1) is 16.8. The Balaban J connectivity index is 6.10. The summed E-state index contributed by atoms with van der Waals surface area (Å²) in [5, 5.41) is 0. The number of carbonyl (C=O) groups excluding carboxylic acids is 3. The van der Waals surface area contributed by atoms with Gasteiger partial charge < -0.3 is 0 Å². The minimum atomic E-state index is -4.89. The molecule has 0 aliphatic heterocycles. The molecule has 0 amide bonds. The molecule has 35 heavy (non-hydrogen) atoms. The Labute approximate surface area is 221 Å². The summed E-state index contributed by atoms with van der Waals surface area (Å²) >= 11 is -4.89. The molecule has 0 saturated carbocycles. The van der Waals surface area contributed by atoms with Crippen molar-refractivity contribution in [2.75, 3.05) is 0 Å². The molecule has 206 valence electrons. The maximum absolute atomic E-state index is 13.3. The molecule has 0 saturated heterocycles. The Morgan fingerprint density at radius 1 is 0.514 bits per heavy atom. The van der Waals surface area contributed by atoms with Crippen LogP contribution in [0.2, 0.25) is 4.44 Å². The minimum absolute atomic E-state index is 0.269. The molecule has 0 unspecified atom stereocenters. The monoisotopic (exact) mass is 606 g/mol. The summed E-state index contributed by atoms with van der Waals surface area (Å²) in [6, 6.07) is 0. The second-order valence-electron chi connectivity index (χ2n) is 9.79. The first kappa shape index (κ1) is 34.2. The molecule has 0 aromatic rings. The summed E-state index contributed by atoms with van der Waals surface area (Å²) in [4.78, 5) is 39.9. The van der Waals surface area contributed by atoms with Gasteiger partial charge >= 0.3 is 222 Å². The molecule has 0 rings (SSSR count). The van der Waals surface area contributed by atoms with Crippen LogP contribution < -0.4 is 0 Å². The van der Waals surface area contributed by atoms with Gasteiger partial charge in [-0.05, 0) is 0 Å². The van der Waals surface area contributed by atoms with E-state index in [1.165, 1.54) is 0 Å². The van der Waals surface area contributed by atoms with Gasteiger partial charge in [0.25, 0.3) is 0 Å². The van der Waals surface area contributed by atoms with Crippen LogP contribution in [0, 0.1) is 17.8 Å². The van der Waals surface area contributed by atoms with Gasteiger partial charge in [-0.1, -0.05) is 0 Å². The summed E-state index contributed by atoms with van der Waals surface area (Å²) in [5.41, 5.74) is 0. The summed E-state index contributed by atoms with van der Waals surface area (Å²) < 4.78 is 18.7. The van der Waals surface area contributed by atoms with Gasteiger partial charge in [0.2, 0.25) is 0 Å². The maximum atomic E-state index is 13.3. The second kappa shape index (κ2) is 20.3. The van der Waals surface area contributed by atoms with Crippen LogP contribution in [-0.2, 0) is 23.6 Å². The van der Waals surface area contributed by atoms with Crippen LogP contribution in [0.3, 0.4) is 0 Å². The molecule has 0 radical (unpaired) electrons. The van der Waals surface area contributed by atoms with E-state index in [-0.39, 0.29) is 35.7 Å². The van der Waals surface area contributed by atoms with Crippen molar-refractivity contribution in [2.24, 2.45) is 17.8 Å². The van der Waals surface area contributed by atoms with Gasteiger partial charge in [-0.2, -0.15) is 0 Å². The molecule has 0 fully saturated rings. The molecule has 7 heteroatoms. The zero-order chi connectivity index (χ0) is 26.7. The van der Waals surface area contributed by atoms with Crippen LogP contribution in [0.25, 0.3) is 0 Å². The van der Waals surface area contributed by atoms with Gasteiger partial charge in [0.05, 0.1) is 0 Å². The molecule has 0 aliphatic rings. The van der Waals surface area contributed by atoms with Gasteiger partial charge in [-0.25, -0.2) is 0 Å². The molecule has 3 atom stereocenters. The van der Waals surface area contributed by atoms with Gasteiger partial charge in [-0.15, -0.1) is 0 Å². The van der Waals surface area contributed by atoms with Gasteiger partial charge in [0.15, 0.2) is 0 Å². The molecule has 0 aromatic heterocycles. The second-order valence-corrected chi connectivity index (χ2v) is 16.9. The van der Waals surface area contributed by atoms with Crippen molar-refractivity contribution in [3.05, 3.63) is 0 Å². The Hall–Kier alpha value is -0.791. The van der Waals surface area contributed by atoms with E-state index in [2.05, 4.69) is 20.8 Å². The quantitative estimate of drug-likeness (QED) is 0.123. The fourth-order valence-electron chi connectivity index (χ4n) is 4.14. The Bertz CT molecular complexity index is 520. The van der Waals surface area contributed by atoms with Crippen molar-refractivity contribution < 1.29 is 23.6 Å². The molecule has 0 heterocycles. The number of rotatable bonds is 21. The van der Waals surface area contributed by atoms with E-state index in [1.54, 1.807) is 0 Å².